The molecule has 0 N–H and O–H groups in total. The van der Waals surface area contributed by atoms with Crippen molar-refractivity contribution in [2.45, 2.75) is 18.6 Å². The number of anilines is 1. The van der Waals surface area contributed by atoms with E-state index in [1.807, 2.05) is 55.5 Å². The minimum absolute atomic E-state index is 0.116. The van der Waals surface area contributed by atoms with Gasteiger partial charge in [-0.15, -0.1) is 0 Å². The van der Waals surface area contributed by atoms with E-state index in [1.54, 1.807) is 0 Å². The number of hydrazone groups is 1. The highest BCUT2D eigenvalue weighted by molar-refractivity contribution is 6.24. The molecule has 2 aliphatic rings. The van der Waals surface area contributed by atoms with Crippen LogP contribution in [-0.4, -0.2) is 17.2 Å². The Balaban J connectivity index is 1.51. The molecule has 1 spiro atoms. The Morgan fingerprint density at radius 1 is 0.960 bits per heavy atom. The summed E-state index contributed by atoms with van der Waals surface area (Å²) >= 11 is 0. The summed E-state index contributed by atoms with van der Waals surface area (Å²) in [6.45, 7) is 1.86. The minimum atomic E-state index is -0.946. The molecule has 4 nitrogen and oxygen atoms in total. The lowest BCUT2D eigenvalue weighted by Crippen LogP contribution is -2.35. The number of para-hydroxylation sites is 1. The highest BCUT2D eigenvalue weighted by Gasteiger charge is 2.69. The number of epoxide rings is 1. The van der Waals surface area contributed by atoms with E-state index in [4.69, 9.17) is 4.74 Å². The van der Waals surface area contributed by atoms with Crippen LogP contribution in [0, 0.1) is 0 Å². The molecule has 1 fully saturated rings. The zero-order valence-electron chi connectivity index (χ0n) is 13.7. The highest BCUT2D eigenvalue weighted by atomic mass is 16.6. The molecular weight excluding hydrogens is 312 g/mol. The summed E-state index contributed by atoms with van der Waals surface area (Å²) < 4.78 is 5.95. The van der Waals surface area contributed by atoms with Crippen molar-refractivity contribution in [1.82, 2.24) is 0 Å². The van der Waals surface area contributed by atoms with E-state index in [0.717, 1.165) is 16.6 Å². The second-order valence-electron chi connectivity index (χ2n) is 6.48. The third-order valence-electron chi connectivity index (χ3n) is 4.99. The second-order valence-corrected chi connectivity index (χ2v) is 6.48. The summed E-state index contributed by atoms with van der Waals surface area (Å²) in [6, 6.07) is 23.8. The maximum atomic E-state index is 13.0. The van der Waals surface area contributed by atoms with Gasteiger partial charge in [0, 0.05) is 0 Å². The predicted molar refractivity (Wildman–Crippen MR) is 97.5 cm³/mol. The summed E-state index contributed by atoms with van der Waals surface area (Å²) in [5.41, 5.74) is 1.53. The van der Waals surface area contributed by atoms with E-state index in [2.05, 4.69) is 29.4 Å². The van der Waals surface area contributed by atoms with Crippen LogP contribution in [0.25, 0.3) is 10.8 Å². The SMILES string of the molecule is CC1=NN(c2ccccc2)C(=O)[C@]12O[C@H]2c1ccc2ccccc2c1. The Morgan fingerprint density at radius 3 is 2.48 bits per heavy atom. The summed E-state index contributed by atoms with van der Waals surface area (Å²) in [4.78, 5) is 13.0. The van der Waals surface area contributed by atoms with Gasteiger partial charge in [0.05, 0.1) is 11.4 Å². The lowest BCUT2D eigenvalue weighted by atomic mass is 9.94. The molecule has 0 radical (unpaired) electrons. The lowest BCUT2D eigenvalue weighted by Gasteiger charge is -2.12. The number of fused-ring (bicyclic) bond motifs is 1. The van der Waals surface area contributed by atoms with Crippen LogP contribution in [0.4, 0.5) is 5.69 Å². The van der Waals surface area contributed by atoms with Crippen molar-refractivity contribution in [2.75, 3.05) is 5.01 Å². The fourth-order valence-corrected chi connectivity index (χ4v) is 3.59. The molecule has 0 saturated carbocycles. The second kappa shape index (κ2) is 5.01. The summed E-state index contributed by atoms with van der Waals surface area (Å²) in [5, 5.41) is 8.24. The first-order chi connectivity index (χ1) is 12.2. The maximum Gasteiger partial charge on any atom is 0.288 e. The molecule has 1 amide bonds. The molecule has 0 aliphatic carbocycles. The van der Waals surface area contributed by atoms with E-state index < -0.39 is 5.60 Å². The molecule has 3 aromatic rings. The highest BCUT2D eigenvalue weighted by Crippen LogP contribution is 2.54. The fourth-order valence-electron chi connectivity index (χ4n) is 3.59. The number of carbonyl (C=O) groups is 1. The van der Waals surface area contributed by atoms with E-state index in [1.165, 1.54) is 10.4 Å². The Labute approximate surface area is 145 Å². The third kappa shape index (κ3) is 1.98. The number of benzene rings is 3. The van der Waals surface area contributed by atoms with Crippen LogP contribution in [-0.2, 0) is 9.53 Å². The first-order valence-corrected chi connectivity index (χ1v) is 8.32. The van der Waals surface area contributed by atoms with Crippen LogP contribution >= 0.6 is 0 Å². The topological polar surface area (TPSA) is 45.2 Å². The van der Waals surface area contributed by atoms with Gasteiger partial charge in [-0.05, 0) is 41.5 Å². The first kappa shape index (κ1) is 14.4. The van der Waals surface area contributed by atoms with Crippen LogP contribution in [0.1, 0.15) is 18.6 Å². The number of hydrogen-bond acceptors (Lipinski definition) is 3. The van der Waals surface area contributed by atoms with Gasteiger partial charge in [-0.2, -0.15) is 10.1 Å². The summed E-state index contributed by atoms with van der Waals surface area (Å²) in [5.74, 6) is -0.116. The van der Waals surface area contributed by atoms with Crippen molar-refractivity contribution in [3.63, 3.8) is 0 Å². The summed E-state index contributed by atoms with van der Waals surface area (Å²) in [7, 11) is 0. The van der Waals surface area contributed by atoms with Crippen LogP contribution in [0.15, 0.2) is 77.9 Å². The number of carbonyl (C=O) groups excluding carboxylic acids is 1. The largest absolute Gasteiger partial charge is 0.344 e. The van der Waals surface area contributed by atoms with Gasteiger partial charge in [-0.25, -0.2) is 0 Å². The van der Waals surface area contributed by atoms with Gasteiger partial charge in [0.2, 0.25) is 5.60 Å². The molecular formula is C21H16N2O2. The zero-order chi connectivity index (χ0) is 17.0. The van der Waals surface area contributed by atoms with Crippen molar-refractivity contribution in [1.29, 1.82) is 0 Å². The van der Waals surface area contributed by atoms with Crippen LogP contribution in [0.3, 0.4) is 0 Å². The molecule has 2 heterocycles. The molecule has 1 saturated heterocycles. The Morgan fingerprint density at radius 2 is 1.68 bits per heavy atom. The molecule has 3 aromatic carbocycles. The number of hydrogen-bond donors (Lipinski definition) is 0. The van der Waals surface area contributed by atoms with Gasteiger partial charge in [-0.1, -0.05) is 54.6 Å². The van der Waals surface area contributed by atoms with Crippen molar-refractivity contribution < 1.29 is 9.53 Å². The lowest BCUT2D eigenvalue weighted by molar-refractivity contribution is -0.120. The van der Waals surface area contributed by atoms with Gasteiger partial charge in [0.25, 0.3) is 5.91 Å². The third-order valence-corrected chi connectivity index (χ3v) is 4.99. The molecule has 0 unspecified atom stereocenters. The van der Waals surface area contributed by atoms with E-state index in [-0.39, 0.29) is 12.0 Å². The van der Waals surface area contributed by atoms with E-state index in [0.29, 0.717) is 5.71 Å². The van der Waals surface area contributed by atoms with Crippen molar-refractivity contribution >= 4 is 28.1 Å². The quantitative estimate of drug-likeness (QED) is 0.666. The van der Waals surface area contributed by atoms with Crippen LogP contribution in [0.2, 0.25) is 0 Å². The van der Waals surface area contributed by atoms with E-state index >= 15 is 0 Å². The number of ether oxygens (including phenoxy) is 1. The van der Waals surface area contributed by atoms with Crippen LogP contribution < -0.4 is 5.01 Å². The number of amides is 1. The fraction of sp³-hybridized carbons (Fsp3) is 0.143. The maximum absolute atomic E-state index is 13.0. The Hall–Kier alpha value is -2.98. The molecule has 122 valence electrons. The monoisotopic (exact) mass is 328 g/mol. The summed E-state index contributed by atoms with van der Waals surface area (Å²) in [6.07, 6.45) is -0.276. The van der Waals surface area contributed by atoms with Gasteiger partial charge >= 0.3 is 0 Å². The van der Waals surface area contributed by atoms with E-state index in [9.17, 15) is 4.79 Å². The molecule has 0 aromatic heterocycles. The van der Waals surface area contributed by atoms with Gasteiger partial charge in [0.15, 0.2) is 0 Å². The minimum Gasteiger partial charge on any atom is -0.344 e. The van der Waals surface area contributed by atoms with Crippen molar-refractivity contribution in [2.24, 2.45) is 5.10 Å². The number of nitrogens with zero attached hydrogens (tertiary/aromatic N) is 2. The number of rotatable bonds is 2. The van der Waals surface area contributed by atoms with Crippen LogP contribution in [0.5, 0.6) is 0 Å². The molecule has 5 rings (SSSR count). The van der Waals surface area contributed by atoms with Gasteiger partial charge in [0.1, 0.15) is 6.10 Å². The molecule has 4 heteroatoms. The van der Waals surface area contributed by atoms with Crippen molar-refractivity contribution in [3.8, 4) is 0 Å². The average molecular weight is 328 g/mol. The average Bonchev–Trinajstić information content (AvgIpc) is 3.37. The molecule has 0 bridgehead atoms. The Kier molecular flexibility index (Phi) is 2.88. The molecule has 25 heavy (non-hydrogen) atoms. The standard InChI is InChI=1S/C21H16N2O2/c1-14-21(20(24)23(22-14)18-9-3-2-4-10-18)19(25-21)17-12-11-15-7-5-6-8-16(15)13-17/h2-13,19H,1H3/t19-,21-/m0/s1. The van der Waals surface area contributed by atoms with Gasteiger partial charge in [-0.3, -0.25) is 4.79 Å². The smallest absolute Gasteiger partial charge is 0.288 e. The first-order valence-electron chi connectivity index (χ1n) is 8.32. The normalized spacial score (nSPS) is 24.8. The molecule has 2 aliphatic heterocycles. The van der Waals surface area contributed by atoms with Gasteiger partial charge < -0.3 is 4.74 Å². The zero-order valence-corrected chi connectivity index (χ0v) is 13.7. The predicted octanol–water partition coefficient (Wildman–Crippen LogP) is 4.07. The Bertz CT molecular complexity index is 1030. The van der Waals surface area contributed by atoms with Crippen molar-refractivity contribution in [3.05, 3.63) is 78.4 Å². The molecule has 2 atom stereocenters.